The molecule has 1 amide bonds. The first-order valence-electron chi connectivity index (χ1n) is 5.37. The van der Waals surface area contributed by atoms with Gasteiger partial charge in [0.25, 0.3) is 5.91 Å². The molecule has 1 saturated carbocycles. The van der Waals surface area contributed by atoms with Crippen LogP contribution in [0.2, 0.25) is 0 Å². The molecule has 0 aliphatic heterocycles. The van der Waals surface area contributed by atoms with E-state index in [0.29, 0.717) is 12.1 Å². The maximum Gasteiger partial charge on any atom is 0.251 e. The molecule has 3 nitrogen and oxygen atoms in total. The van der Waals surface area contributed by atoms with Crippen molar-refractivity contribution in [2.75, 3.05) is 6.54 Å². The number of benzene rings is 1. The third kappa shape index (κ3) is 2.80. The maximum absolute atomic E-state index is 11.6. The molecule has 1 aromatic rings. The predicted octanol–water partition coefficient (Wildman–Crippen LogP) is 1.29. The van der Waals surface area contributed by atoms with Gasteiger partial charge in [-0.15, -0.1) is 0 Å². The van der Waals surface area contributed by atoms with E-state index in [9.17, 15) is 4.79 Å². The second-order valence-electron chi connectivity index (χ2n) is 4.05. The molecule has 1 aliphatic carbocycles. The van der Waals surface area contributed by atoms with E-state index in [1.807, 2.05) is 24.3 Å². The first kappa shape index (κ1) is 10.2. The summed E-state index contributed by atoms with van der Waals surface area (Å²) in [4.78, 5) is 11.6. The Balaban J connectivity index is 1.91. The molecule has 0 aromatic heterocycles. The molecule has 3 heteroatoms. The summed E-state index contributed by atoms with van der Waals surface area (Å²) in [5.41, 5.74) is 7.25. The molecule has 80 valence electrons. The monoisotopic (exact) mass is 204 g/mol. The Morgan fingerprint density at radius 3 is 2.53 bits per heavy atom. The van der Waals surface area contributed by atoms with Gasteiger partial charge in [0, 0.05) is 18.7 Å². The van der Waals surface area contributed by atoms with E-state index in [2.05, 4.69) is 5.32 Å². The van der Waals surface area contributed by atoms with Crippen LogP contribution in [0.4, 0.5) is 0 Å². The van der Waals surface area contributed by atoms with Gasteiger partial charge in [0.15, 0.2) is 0 Å². The second kappa shape index (κ2) is 4.45. The number of amides is 1. The summed E-state index contributed by atoms with van der Waals surface area (Å²) in [6.45, 7) is 1.33. The summed E-state index contributed by atoms with van der Waals surface area (Å²) in [7, 11) is 0. The number of hydrogen-bond acceptors (Lipinski definition) is 2. The highest BCUT2D eigenvalue weighted by Crippen LogP contribution is 2.27. The standard InChI is InChI=1S/C12H16N2O/c13-7-9-3-5-11(6-4-9)12(15)14-8-10-1-2-10/h3-6,10H,1-2,7-8,13H2,(H,14,15). The summed E-state index contributed by atoms with van der Waals surface area (Å²) in [5.74, 6) is 0.739. The summed E-state index contributed by atoms with van der Waals surface area (Å²) in [6.07, 6.45) is 2.51. The van der Waals surface area contributed by atoms with Gasteiger partial charge in [-0.25, -0.2) is 0 Å². The normalized spacial score (nSPS) is 15.0. The van der Waals surface area contributed by atoms with Crippen molar-refractivity contribution in [3.63, 3.8) is 0 Å². The van der Waals surface area contributed by atoms with Gasteiger partial charge >= 0.3 is 0 Å². The lowest BCUT2D eigenvalue weighted by atomic mass is 10.1. The van der Waals surface area contributed by atoms with E-state index in [1.165, 1.54) is 12.8 Å². The summed E-state index contributed by atoms with van der Waals surface area (Å²) >= 11 is 0. The van der Waals surface area contributed by atoms with Crippen LogP contribution in [0.5, 0.6) is 0 Å². The number of nitrogens with two attached hydrogens (primary N) is 1. The molecular formula is C12H16N2O. The van der Waals surface area contributed by atoms with Gasteiger partial charge in [-0.1, -0.05) is 12.1 Å². The third-order valence-corrected chi connectivity index (χ3v) is 2.70. The van der Waals surface area contributed by atoms with Gasteiger partial charge in [-0.3, -0.25) is 4.79 Å². The third-order valence-electron chi connectivity index (χ3n) is 2.70. The van der Waals surface area contributed by atoms with Crippen LogP contribution in [0.3, 0.4) is 0 Å². The van der Waals surface area contributed by atoms with E-state index in [4.69, 9.17) is 5.73 Å². The van der Waals surface area contributed by atoms with Crippen molar-refractivity contribution in [3.05, 3.63) is 35.4 Å². The van der Waals surface area contributed by atoms with Crippen molar-refractivity contribution in [1.29, 1.82) is 0 Å². The van der Waals surface area contributed by atoms with Crippen LogP contribution in [-0.4, -0.2) is 12.5 Å². The van der Waals surface area contributed by atoms with Crippen molar-refractivity contribution in [1.82, 2.24) is 5.32 Å². The van der Waals surface area contributed by atoms with Crippen molar-refractivity contribution < 1.29 is 4.79 Å². The zero-order chi connectivity index (χ0) is 10.7. The van der Waals surface area contributed by atoms with Crippen LogP contribution in [0, 0.1) is 5.92 Å². The Bertz CT molecular complexity index is 341. The highest BCUT2D eigenvalue weighted by atomic mass is 16.1. The lowest BCUT2D eigenvalue weighted by Gasteiger charge is -2.04. The molecule has 0 unspecified atom stereocenters. The van der Waals surface area contributed by atoms with Gasteiger partial charge in [0.2, 0.25) is 0 Å². The molecule has 0 atom stereocenters. The van der Waals surface area contributed by atoms with Gasteiger partial charge < -0.3 is 11.1 Å². The smallest absolute Gasteiger partial charge is 0.251 e. The molecule has 0 radical (unpaired) electrons. The van der Waals surface area contributed by atoms with Crippen LogP contribution in [-0.2, 0) is 6.54 Å². The number of carbonyl (C=O) groups excluding carboxylic acids is 1. The average molecular weight is 204 g/mol. The highest BCUT2D eigenvalue weighted by Gasteiger charge is 2.21. The zero-order valence-electron chi connectivity index (χ0n) is 8.70. The molecule has 1 aromatic carbocycles. The number of nitrogens with one attached hydrogen (secondary N) is 1. The van der Waals surface area contributed by atoms with E-state index >= 15 is 0 Å². The van der Waals surface area contributed by atoms with Crippen LogP contribution in [0.15, 0.2) is 24.3 Å². The molecule has 0 saturated heterocycles. The van der Waals surface area contributed by atoms with Crippen LogP contribution < -0.4 is 11.1 Å². The largest absolute Gasteiger partial charge is 0.352 e. The SMILES string of the molecule is NCc1ccc(C(=O)NCC2CC2)cc1. The average Bonchev–Trinajstić information content (AvgIpc) is 3.10. The molecule has 0 heterocycles. The highest BCUT2D eigenvalue weighted by molar-refractivity contribution is 5.94. The summed E-state index contributed by atoms with van der Waals surface area (Å²) in [5, 5.41) is 2.93. The molecule has 3 N–H and O–H groups in total. The van der Waals surface area contributed by atoms with Gasteiger partial charge in [-0.05, 0) is 36.5 Å². The quantitative estimate of drug-likeness (QED) is 0.776. The fourth-order valence-electron chi connectivity index (χ4n) is 1.45. The van der Waals surface area contributed by atoms with Gasteiger partial charge in [-0.2, -0.15) is 0 Å². The van der Waals surface area contributed by atoms with Crippen molar-refractivity contribution in [2.45, 2.75) is 19.4 Å². The van der Waals surface area contributed by atoms with Crippen molar-refractivity contribution in [3.8, 4) is 0 Å². The minimum Gasteiger partial charge on any atom is -0.352 e. The first-order valence-corrected chi connectivity index (χ1v) is 5.37. The second-order valence-corrected chi connectivity index (χ2v) is 4.05. The van der Waals surface area contributed by atoms with E-state index in [0.717, 1.165) is 18.0 Å². The molecule has 0 spiro atoms. The lowest BCUT2D eigenvalue weighted by molar-refractivity contribution is 0.0952. The fraction of sp³-hybridized carbons (Fsp3) is 0.417. The van der Waals surface area contributed by atoms with Gasteiger partial charge in [0.1, 0.15) is 0 Å². The Morgan fingerprint density at radius 2 is 2.00 bits per heavy atom. The van der Waals surface area contributed by atoms with Crippen LogP contribution in [0.1, 0.15) is 28.8 Å². The Hall–Kier alpha value is -1.35. The summed E-state index contributed by atoms with van der Waals surface area (Å²) in [6, 6.07) is 7.44. The van der Waals surface area contributed by atoms with Gasteiger partial charge in [0.05, 0.1) is 0 Å². The van der Waals surface area contributed by atoms with E-state index in [1.54, 1.807) is 0 Å². The Kier molecular flexibility index (Phi) is 3.02. The first-order chi connectivity index (χ1) is 7.29. The molecule has 15 heavy (non-hydrogen) atoms. The number of hydrogen-bond donors (Lipinski definition) is 2. The Labute approximate surface area is 89.7 Å². The molecular weight excluding hydrogens is 188 g/mol. The van der Waals surface area contributed by atoms with Crippen molar-refractivity contribution in [2.24, 2.45) is 11.7 Å². The molecule has 1 aliphatic rings. The van der Waals surface area contributed by atoms with E-state index < -0.39 is 0 Å². The maximum atomic E-state index is 11.6. The topological polar surface area (TPSA) is 55.1 Å². The van der Waals surface area contributed by atoms with Crippen molar-refractivity contribution >= 4 is 5.91 Å². The minimum absolute atomic E-state index is 0.0190. The van der Waals surface area contributed by atoms with Crippen LogP contribution in [0.25, 0.3) is 0 Å². The summed E-state index contributed by atoms with van der Waals surface area (Å²) < 4.78 is 0. The number of carbonyl (C=O) groups is 1. The minimum atomic E-state index is 0.0190. The predicted molar refractivity (Wildman–Crippen MR) is 59.4 cm³/mol. The molecule has 1 fully saturated rings. The Morgan fingerprint density at radius 1 is 1.33 bits per heavy atom. The molecule has 2 rings (SSSR count). The fourth-order valence-corrected chi connectivity index (χ4v) is 1.45. The molecule has 0 bridgehead atoms. The van der Waals surface area contributed by atoms with Crippen LogP contribution >= 0.6 is 0 Å². The van der Waals surface area contributed by atoms with E-state index in [-0.39, 0.29) is 5.91 Å². The lowest BCUT2D eigenvalue weighted by Crippen LogP contribution is -2.25. The number of rotatable bonds is 4. The zero-order valence-corrected chi connectivity index (χ0v) is 8.70.